The summed E-state index contributed by atoms with van der Waals surface area (Å²) in [5.41, 5.74) is 13.5. The van der Waals surface area contributed by atoms with Crippen LogP contribution in [0.15, 0.2) is 72.8 Å². The molecule has 4 heterocycles. The Balaban J connectivity index is 0.864. The number of carbonyl (C=O) groups excluding carboxylic acids is 4. The molecule has 6 aromatic rings. The van der Waals surface area contributed by atoms with Crippen molar-refractivity contribution in [1.82, 2.24) is 40.4 Å². The summed E-state index contributed by atoms with van der Waals surface area (Å²) in [5.74, 6) is 2.87. The number of nitrogens with zero attached hydrogens (tertiary/aromatic N) is 4. The van der Waals surface area contributed by atoms with Gasteiger partial charge in [-0.05, 0) is 155 Å². The van der Waals surface area contributed by atoms with Gasteiger partial charge in [-0.25, -0.2) is 19.6 Å². The van der Waals surface area contributed by atoms with Crippen LogP contribution >= 0.6 is 0 Å². The van der Waals surface area contributed by atoms with Gasteiger partial charge in [-0.1, -0.05) is 96.0 Å². The number of benzene rings is 4. The minimum absolute atomic E-state index is 0.0868. The van der Waals surface area contributed by atoms with Crippen molar-refractivity contribution in [2.75, 3.05) is 27.3 Å². The molecule has 2 aromatic heterocycles. The number of aromatic nitrogens is 4. The zero-order valence-electron chi connectivity index (χ0n) is 43.3. The second kappa shape index (κ2) is 19.6. The molecule has 0 radical (unpaired) electrons. The van der Waals surface area contributed by atoms with Gasteiger partial charge in [0.2, 0.25) is 11.8 Å². The quantitative estimate of drug-likeness (QED) is 0.105. The topological polar surface area (TPSA) is 175 Å². The summed E-state index contributed by atoms with van der Waals surface area (Å²) in [4.78, 5) is 75.1. The zero-order chi connectivity index (χ0) is 50.8. The number of amides is 4. The number of alkyl carbamates (subject to hydrolysis) is 2. The van der Waals surface area contributed by atoms with Gasteiger partial charge in [0.1, 0.15) is 23.7 Å². The Bertz CT molecular complexity index is 3100. The van der Waals surface area contributed by atoms with Crippen molar-refractivity contribution in [2.45, 2.75) is 122 Å². The van der Waals surface area contributed by atoms with Crippen molar-refractivity contribution < 1.29 is 28.7 Å². The molecular weight excluding hydrogens is 917 g/mol. The van der Waals surface area contributed by atoms with E-state index in [-0.39, 0.29) is 41.7 Å². The second-order valence-electron chi connectivity index (χ2n) is 22.5. The molecule has 4 unspecified atom stereocenters. The van der Waals surface area contributed by atoms with Crippen LogP contribution in [0.25, 0.3) is 44.3 Å². The molecule has 14 rings (SSSR count). The molecule has 14 heteroatoms. The zero-order valence-corrected chi connectivity index (χ0v) is 43.3. The first-order chi connectivity index (χ1) is 35.3. The number of fused-ring (bicyclic) bond motifs is 4. The van der Waals surface area contributed by atoms with Gasteiger partial charge in [0, 0.05) is 13.1 Å². The minimum Gasteiger partial charge on any atom is -0.453 e. The van der Waals surface area contributed by atoms with Crippen molar-refractivity contribution in [3.8, 4) is 22.3 Å². The summed E-state index contributed by atoms with van der Waals surface area (Å²) in [6, 6.07) is 25.3. The summed E-state index contributed by atoms with van der Waals surface area (Å²) in [6.07, 6.45) is 7.91. The van der Waals surface area contributed by atoms with E-state index in [4.69, 9.17) is 19.4 Å². The maximum atomic E-state index is 14.3. The Morgan fingerprint density at radius 1 is 0.616 bits per heavy atom. The van der Waals surface area contributed by atoms with E-state index in [9.17, 15) is 19.2 Å². The molecule has 2 aliphatic heterocycles. The number of rotatable bonds is 10. The van der Waals surface area contributed by atoms with Gasteiger partial charge in [0.05, 0.1) is 48.4 Å². The molecule has 6 aliphatic carbocycles. The normalized spacial score (nSPS) is 24.2. The van der Waals surface area contributed by atoms with E-state index < -0.39 is 24.3 Å². The highest BCUT2D eigenvalue weighted by Gasteiger charge is 2.51. The molecular formula is C59H70N8O6. The molecule has 73 heavy (non-hydrogen) atoms. The van der Waals surface area contributed by atoms with Crippen LogP contribution in [0.1, 0.15) is 125 Å². The van der Waals surface area contributed by atoms with Crippen molar-refractivity contribution >= 4 is 46.1 Å². The second-order valence-corrected chi connectivity index (χ2v) is 22.5. The number of H-pyrrole nitrogens is 2. The largest absolute Gasteiger partial charge is 0.453 e. The molecule has 4 aromatic carbocycles. The first-order valence-electron chi connectivity index (χ1n) is 26.8. The van der Waals surface area contributed by atoms with Gasteiger partial charge in [-0.15, -0.1) is 0 Å². The molecule has 4 bridgehead atoms. The maximum absolute atomic E-state index is 14.3. The lowest BCUT2D eigenvalue weighted by Crippen LogP contribution is -2.51. The number of imidazole rings is 2. The Kier molecular flexibility index (Phi) is 13.1. The van der Waals surface area contributed by atoms with E-state index in [1.165, 1.54) is 47.6 Å². The van der Waals surface area contributed by atoms with Crippen molar-refractivity contribution in [2.24, 2.45) is 35.5 Å². The maximum Gasteiger partial charge on any atom is 0.407 e. The van der Waals surface area contributed by atoms with Crippen LogP contribution in [0.4, 0.5) is 9.59 Å². The third-order valence-electron chi connectivity index (χ3n) is 17.4. The van der Waals surface area contributed by atoms with Crippen LogP contribution < -0.4 is 10.6 Å². The van der Waals surface area contributed by atoms with Gasteiger partial charge in [0.15, 0.2) is 0 Å². The Hall–Kier alpha value is -6.70. The fourth-order valence-corrected chi connectivity index (χ4v) is 13.5. The van der Waals surface area contributed by atoms with Crippen molar-refractivity contribution in [1.29, 1.82) is 0 Å². The first-order valence-corrected chi connectivity index (χ1v) is 26.8. The van der Waals surface area contributed by atoms with Gasteiger partial charge < -0.3 is 39.9 Å². The average molecular weight is 987 g/mol. The Morgan fingerprint density at radius 2 is 1.12 bits per heavy atom. The lowest BCUT2D eigenvalue weighted by atomic mass is 9.84. The predicted molar refractivity (Wildman–Crippen MR) is 281 cm³/mol. The molecule has 382 valence electrons. The van der Waals surface area contributed by atoms with E-state index in [1.54, 1.807) is 0 Å². The van der Waals surface area contributed by atoms with Crippen LogP contribution in [0.3, 0.4) is 0 Å². The van der Waals surface area contributed by atoms with Crippen molar-refractivity contribution in [3.05, 3.63) is 107 Å². The monoisotopic (exact) mass is 987 g/mol. The number of carbonyl (C=O) groups is 4. The van der Waals surface area contributed by atoms with Crippen LogP contribution in [0, 0.1) is 35.5 Å². The summed E-state index contributed by atoms with van der Waals surface area (Å²) in [6.45, 7) is 11.4. The first kappa shape index (κ1) is 48.6. The summed E-state index contributed by atoms with van der Waals surface area (Å²) in [5, 5.41) is 5.62. The standard InChI is InChI=1S/C59H70N8O6/c1-31(2)50(64-58(70)72-6)56(68)66-29-40-10-8-12-42(40)52(66)54-60-46-22-20-38(27-48(46)62-54)44-25-34-14-16-35-18-19-36(33(5)24-37(44)17-15-34)26-45(35)39-21-23-47-49(28-39)63-55(61-47)53-43-13-9-11-41(43)30-67(53)57(69)51(32(3)4)65-59(71)73-7/h15,17-23,25-28,31-33,40-43,50-53H,8-14,16,24,29-30H2,1-7H3,(H,60,62)(H,61,63)(H,64,70)(H,65,71)/t33-,40?,41?,42?,43?,50+,51+,52+,53+/m1/s1. The third kappa shape index (κ3) is 9.02. The Morgan fingerprint density at radius 3 is 1.63 bits per heavy atom. The number of likely N-dealkylation sites (tertiary alicyclic amines) is 2. The minimum atomic E-state index is -0.694. The summed E-state index contributed by atoms with van der Waals surface area (Å²) >= 11 is 0. The number of ether oxygens (including phenoxy) is 2. The Labute approximate surface area is 427 Å². The molecule has 2 saturated carbocycles. The third-order valence-corrected chi connectivity index (χ3v) is 17.4. The highest BCUT2D eigenvalue weighted by atomic mass is 16.5. The van der Waals surface area contributed by atoms with Gasteiger partial charge >= 0.3 is 12.2 Å². The van der Waals surface area contributed by atoms with E-state index in [0.717, 1.165) is 103 Å². The van der Waals surface area contributed by atoms with Crippen LogP contribution in [0.2, 0.25) is 0 Å². The molecule has 8 aliphatic rings. The fourth-order valence-electron chi connectivity index (χ4n) is 13.5. The highest BCUT2D eigenvalue weighted by Crippen LogP contribution is 2.51. The van der Waals surface area contributed by atoms with E-state index in [0.29, 0.717) is 36.8 Å². The van der Waals surface area contributed by atoms with Crippen LogP contribution in [-0.4, -0.2) is 93.1 Å². The van der Waals surface area contributed by atoms with Gasteiger partial charge in [-0.3, -0.25) is 9.59 Å². The smallest absolute Gasteiger partial charge is 0.407 e. The number of nitrogens with one attached hydrogen (secondary N) is 4. The van der Waals surface area contributed by atoms with Crippen LogP contribution in [-0.2, 0) is 38.3 Å². The van der Waals surface area contributed by atoms with Crippen molar-refractivity contribution in [3.63, 3.8) is 0 Å². The number of hydrogen-bond donors (Lipinski definition) is 4. The van der Waals surface area contributed by atoms with Crippen LogP contribution in [0.5, 0.6) is 0 Å². The fraction of sp³-hybridized carbons (Fsp3) is 0.492. The number of aryl methyl sites for hydroxylation is 2. The summed E-state index contributed by atoms with van der Waals surface area (Å²) < 4.78 is 9.81. The SMILES string of the molecule is COC(=O)N[C@H](C(=O)N1CC2CCCC2[C@H]1c1nc2cc(-c3cc4ccc3CCc3ccc(c(-c5ccc6[nH]c([C@@H]7C8CCCC8CN7C(=O)[C@@H](NC(=O)OC)C(C)C)nc6c5)c3)C[C@H]4C)ccc2[nH]1)C(C)C. The molecule has 9 atom stereocenters. The molecule has 0 spiro atoms. The lowest BCUT2D eigenvalue weighted by molar-refractivity contribution is -0.136. The summed E-state index contributed by atoms with van der Waals surface area (Å²) in [7, 11) is 2.65. The van der Waals surface area contributed by atoms with Gasteiger partial charge in [0.25, 0.3) is 0 Å². The predicted octanol–water partition coefficient (Wildman–Crippen LogP) is 10.6. The molecule has 14 nitrogen and oxygen atoms in total. The average Bonchev–Trinajstić information content (AvgIpc) is 4.26. The molecule has 4 fully saturated rings. The van der Waals surface area contributed by atoms with Gasteiger partial charge in [-0.2, -0.15) is 0 Å². The number of methoxy groups -OCH3 is 2. The highest BCUT2D eigenvalue weighted by molar-refractivity contribution is 5.89. The molecule has 4 N–H and O–H groups in total. The number of aromatic amines is 2. The van der Waals surface area contributed by atoms with E-state index >= 15 is 0 Å². The number of hydrogen-bond acceptors (Lipinski definition) is 8. The van der Waals surface area contributed by atoms with E-state index in [2.05, 4.69) is 100 Å². The van der Waals surface area contributed by atoms with E-state index in [1.807, 2.05) is 37.5 Å². The molecule has 2 saturated heterocycles. The molecule has 4 amide bonds. The lowest BCUT2D eigenvalue weighted by Gasteiger charge is -2.31.